The van der Waals surface area contributed by atoms with Gasteiger partial charge in [0.15, 0.2) is 0 Å². The van der Waals surface area contributed by atoms with Crippen molar-refractivity contribution in [2.75, 3.05) is 13.1 Å². The van der Waals surface area contributed by atoms with E-state index in [9.17, 15) is 4.79 Å². The van der Waals surface area contributed by atoms with Crippen LogP contribution in [0, 0.1) is 0 Å². The summed E-state index contributed by atoms with van der Waals surface area (Å²) in [5, 5.41) is 3.56. The highest BCUT2D eigenvalue weighted by Gasteiger charge is 2.26. The molecule has 116 valence electrons. The van der Waals surface area contributed by atoms with Crippen LogP contribution in [0.25, 0.3) is 0 Å². The number of rotatable bonds is 4. The molecule has 21 heavy (non-hydrogen) atoms. The van der Waals surface area contributed by atoms with E-state index in [4.69, 9.17) is 0 Å². The first-order valence-electron chi connectivity index (χ1n) is 8.31. The number of nitrogens with zero attached hydrogens (tertiary/aromatic N) is 1. The molecular formula is C17H26N2OS. The Kier molecular flexibility index (Phi) is 4.65. The van der Waals surface area contributed by atoms with Gasteiger partial charge in [0.2, 0.25) is 0 Å². The molecule has 1 aliphatic carbocycles. The zero-order chi connectivity index (χ0) is 14.8. The van der Waals surface area contributed by atoms with Gasteiger partial charge in [-0.3, -0.25) is 4.79 Å². The van der Waals surface area contributed by atoms with Gasteiger partial charge in [-0.05, 0) is 64.1 Å². The number of thiophene rings is 1. The quantitative estimate of drug-likeness (QED) is 0.926. The van der Waals surface area contributed by atoms with Crippen molar-refractivity contribution in [2.24, 2.45) is 0 Å². The molecule has 1 saturated heterocycles. The largest absolute Gasteiger partial charge is 0.334 e. The van der Waals surface area contributed by atoms with Crippen LogP contribution in [0.15, 0.2) is 6.07 Å². The highest BCUT2D eigenvalue weighted by molar-refractivity contribution is 7.14. The third kappa shape index (κ3) is 3.32. The highest BCUT2D eigenvalue weighted by Crippen LogP contribution is 2.31. The van der Waals surface area contributed by atoms with Crippen molar-refractivity contribution < 1.29 is 4.79 Å². The maximum absolute atomic E-state index is 12.9. The molecule has 1 aliphatic heterocycles. The number of hydrogen-bond acceptors (Lipinski definition) is 3. The van der Waals surface area contributed by atoms with Crippen LogP contribution in [0.3, 0.4) is 0 Å². The number of amides is 1. The molecule has 0 bridgehead atoms. The van der Waals surface area contributed by atoms with E-state index in [0.29, 0.717) is 6.04 Å². The molecule has 1 fully saturated rings. The Labute approximate surface area is 131 Å². The molecule has 1 aromatic rings. The summed E-state index contributed by atoms with van der Waals surface area (Å²) in [4.78, 5) is 17.3. The fourth-order valence-electron chi connectivity index (χ4n) is 3.42. The van der Waals surface area contributed by atoms with Gasteiger partial charge in [-0.15, -0.1) is 11.3 Å². The molecule has 1 atom stereocenters. The molecule has 4 heteroatoms. The first-order valence-corrected chi connectivity index (χ1v) is 9.12. The van der Waals surface area contributed by atoms with Crippen molar-refractivity contribution in [1.82, 2.24) is 10.2 Å². The van der Waals surface area contributed by atoms with Crippen LogP contribution in [-0.4, -0.2) is 36.0 Å². The van der Waals surface area contributed by atoms with Crippen molar-refractivity contribution in [2.45, 2.75) is 64.5 Å². The minimum atomic E-state index is 0.233. The summed E-state index contributed by atoms with van der Waals surface area (Å²) in [6.45, 7) is 6.20. The number of carbonyl (C=O) groups is 1. The average Bonchev–Trinajstić information content (AvgIpc) is 3.06. The summed E-state index contributed by atoms with van der Waals surface area (Å²) >= 11 is 1.73. The van der Waals surface area contributed by atoms with Gasteiger partial charge in [0, 0.05) is 23.5 Å². The van der Waals surface area contributed by atoms with Crippen molar-refractivity contribution in [3.8, 4) is 0 Å². The molecule has 2 heterocycles. The number of fused-ring (bicyclic) bond motifs is 1. The summed E-state index contributed by atoms with van der Waals surface area (Å²) in [6, 6.07) is 2.88. The van der Waals surface area contributed by atoms with Gasteiger partial charge in [0.05, 0.1) is 4.88 Å². The number of nitrogens with one attached hydrogen (secondary N) is 1. The number of hydrogen-bond donors (Lipinski definition) is 1. The second-order valence-corrected chi connectivity index (χ2v) is 7.75. The third-order valence-corrected chi connectivity index (χ3v) is 5.90. The van der Waals surface area contributed by atoms with E-state index in [0.717, 1.165) is 24.4 Å². The van der Waals surface area contributed by atoms with Gasteiger partial charge in [0.25, 0.3) is 5.91 Å². The van der Waals surface area contributed by atoms with Crippen molar-refractivity contribution >= 4 is 17.2 Å². The summed E-state index contributed by atoms with van der Waals surface area (Å²) in [5.74, 6) is 0.233. The van der Waals surface area contributed by atoms with E-state index in [-0.39, 0.29) is 11.9 Å². The molecule has 2 aliphatic rings. The normalized spacial score (nSPS) is 21.6. The maximum Gasteiger partial charge on any atom is 0.264 e. The van der Waals surface area contributed by atoms with E-state index in [2.05, 4.69) is 30.1 Å². The lowest BCUT2D eigenvalue weighted by molar-refractivity contribution is 0.0681. The van der Waals surface area contributed by atoms with Gasteiger partial charge in [0.1, 0.15) is 0 Å². The van der Waals surface area contributed by atoms with E-state index in [1.54, 1.807) is 11.3 Å². The van der Waals surface area contributed by atoms with E-state index < -0.39 is 0 Å². The van der Waals surface area contributed by atoms with E-state index in [1.165, 1.54) is 42.5 Å². The number of piperidine rings is 1. The zero-order valence-electron chi connectivity index (χ0n) is 13.2. The second-order valence-electron chi connectivity index (χ2n) is 6.61. The van der Waals surface area contributed by atoms with E-state index in [1.807, 2.05) is 0 Å². The lowest BCUT2D eigenvalue weighted by Gasteiger charge is -2.33. The first kappa shape index (κ1) is 15.0. The Bertz CT molecular complexity index is 481. The van der Waals surface area contributed by atoms with Crippen LogP contribution >= 0.6 is 11.3 Å². The fraction of sp³-hybridized carbons (Fsp3) is 0.706. The molecular weight excluding hydrogens is 280 g/mol. The van der Waals surface area contributed by atoms with Crippen molar-refractivity contribution in [3.05, 3.63) is 21.4 Å². The fourth-order valence-corrected chi connectivity index (χ4v) is 4.63. The molecule has 3 rings (SSSR count). The molecule has 1 unspecified atom stereocenters. The summed E-state index contributed by atoms with van der Waals surface area (Å²) in [6.07, 6.45) is 7.33. The lowest BCUT2D eigenvalue weighted by atomic mass is 10.0. The van der Waals surface area contributed by atoms with Crippen molar-refractivity contribution in [3.63, 3.8) is 0 Å². The molecule has 3 nitrogen and oxygen atoms in total. The van der Waals surface area contributed by atoms with Gasteiger partial charge < -0.3 is 10.2 Å². The average molecular weight is 306 g/mol. The Morgan fingerprint density at radius 2 is 2.24 bits per heavy atom. The maximum atomic E-state index is 12.9. The van der Waals surface area contributed by atoms with Crippen LogP contribution in [0.5, 0.6) is 0 Å². The van der Waals surface area contributed by atoms with Crippen LogP contribution in [0.1, 0.15) is 59.6 Å². The smallest absolute Gasteiger partial charge is 0.264 e. The van der Waals surface area contributed by atoms with Gasteiger partial charge >= 0.3 is 0 Å². The number of aryl methyl sites for hydroxylation is 2. The molecule has 0 saturated carbocycles. The Morgan fingerprint density at radius 3 is 2.90 bits per heavy atom. The third-order valence-electron chi connectivity index (χ3n) is 4.67. The predicted octanol–water partition coefficient (Wildman–Crippen LogP) is 3.23. The van der Waals surface area contributed by atoms with Crippen LogP contribution in [0.2, 0.25) is 0 Å². The first-order chi connectivity index (χ1) is 10.1. The monoisotopic (exact) mass is 306 g/mol. The standard InChI is InChI=1S/C17H26N2OS/c1-12(2)19(11-14-7-3-4-9-18-14)17(20)16-10-13-6-5-8-15(13)21-16/h10,12,14,18H,3-9,11H2,1-2H3. The SMILES string of the molecule is CC(C)N(CC1CCCCN1)C(=O)c1cc2c(s1)CCC2. The lowest BCUT2D eigenvalue weighted by Crippen LogP contribution is -2.48. The minimum Gasteiger partial charge on any atom is -0.334 e. The molecule has 0 spiro atoms. The number of carbonyl (C=O) groups excluding carboxylic acids is 1. The Morgan fingerprint density at radius 1 is 1.38 bits per heavy atom. The van der Waals surface area contributed by atoms with Crippen LogP contribution in [0.4, 0.5) is 0 Å². The molecule has 1 amide bonds. The second kappa shape index (κ2) is 6.49. The Balaban J connectivity index is 1.71. The van der Waals surface area contributed by atoms with Crippen molar-refractivity contribution in [1.29, 1.82) is 0 Å². The summed E-state index contributed by atoms with van der Waals surface area (Å²) in [5.41, 5.74) is 1.42. The molecule has 1 N–H and O–H groups in total. The topological polar surface area (TPSA) is 32.3 Å². The summed E-state index contributed by atoms with van der Waals surface area (Å²) in [7, 11) is 0. The van der Waals surface area contributed by atoms with E-state index >= 15 is 0 Å². The minimum absolute atomic E-state index is 0.233. The molecule has 0 aromatic carbocycles. The zero-order valence-corrected chi connectivity index (χ0v) is 14.0. The predicted molar refractivity (Wildman–Crippen MR) is 88.2 cm³/mol. The summed E-state index contributed by atoms with van der Waals surface area (Å²) < 4.78 is 0. The Hall–Kier alpha value is -0.870. The van der Waals surface area contributed by atoms with Gasteiger partial charge in [-0.25, -0.2) is 0 Å². The highest BCUT2D eigenvalue weighted by atomic mass is 32.1. The molecule has 1 aromatic heterocycles. The van der Waals surface area contributed by atoms with Gasteiger partial charge in [-0.2, -0.15) is 0 Å². The van der Waals surface area contributed by atoms with Crippen LogP contribution in [-0.2, 0) is 12.8 Å². The van der Waals surface area contributed by atoms with Gasteiger partial charge in [-0.1, -0.05) is 6.42 Å². The van der Waals surface area contributed by atoms with Crippen LogP contribution < -0.4 is 5.32 Å². The molecule has 0 radical (unpaired) electrons.